The van der Waals surface area contributed by atoms with E-state index in [2.05, 4.69) is 0 Å². The van der Waals surface area contributed by atoms with Crippen LogP contribution in [0.5, 0.6) is 0 Å². The summed E-state index contributed by atoms with van der Waals surface area (Å²) in [5, 5.41) is 9.78. The summed E-state index contributed by atoms with van der Waals surface area (Å²) in [7, 11) is -3.63. The monoisotopic (exact) mass is 304 g/mol. The standard InChI is InChI=1S/C12H17ClN2O3S/c1-8-7-15(5-4-11(8)16)19(17,18)12-3-2-9(14)6-10(12)13/h2-3,6,8,11,16H,4-5,7,14H2,1H3. The summed E-state index contributed by atoms with van der Waals surface area (Å²) < 4.78 is 26.3. The summed E-state index contributed by atoms with van der Waals surface area (Å²) in [6.07, 6.45) is -0.0131. The van der Waals surface area contributed by atoms with Crippen LogP contribution >= 0.6 is 11.6 Å². The van der Waals surface area contributed by atoms with Gasteiger partial charge in [0.05, 0.1) is 11.1 Å². The number of sulfonamides is 1. The fourth-order valence-electron chi connectivity index (χ4n) is 2.18. The number of hydrogen-bond acceptors (Lipinski definition) is 4. The Balaban J connectivity index is 2.32. The van der Waals surface area contributed by atoms with Crippen LogP contribution in [0.3, 0.4) is 0 Å². The summed E-state index contributed by atoms with van der Waals surface area (Å²) in [5.74, 6) is -0.0870. The van der Waals surface area contributed by atoms with Crippen LogP contribution in [-0.4, -0.2) is 37.0 Å². The quantitative estimate of drug-likeness (QED) is 0.807. The molecule has 0 saturated carbocycles. The summed E-state index contributed by atoms with van der Waals surface area (Å²) in [6, 6.07) is 4.36. The number of hydrogen-bond donors (Lipinski definition) is 2. The first-order valence-electron chi connectivity index (χ1n) is 6.05. The maximum atomic E-state index is 12.5. The van der Waals surface area contributed by atoms with Crippen LogP contribution in [0, 0.1) is 5.92 Å². The number of nitrogen functional groups attached to an aromatic ring is 1. The Bertz CT molecular complexity index is 576. The lowest BCUT2D eigenvalue weighted by molar-refractivity contribution is 0.0628. The number of piperidine rings is 1. The van der Waals surface area contributed by atoms with E-state index in [1.807, 2.05) is 6.92 Å². The fraction of sp³-hybridized carbons (Fsp3) is 0.500. The SMILES string of the molecule is CC1CN(S(=O)(=O)c2ccc(N)cc2Cl)CCC1O. The predicted molar refractivity (Wildman–Crippen MR) is 74.4 cm³/mol. The molecular weight excluding hydrogens is 288 g/mol. The molecule has 1 aromatic rings. The van der Waals surface area contributed by atoms with E-state index in [1.165, 1.54) is 22.5 Å². The first kappa shape index (κ1) is 14.6. The van der Waals surface area contributed by atoms with Crippen molar-refractivity contribution in [3.8, 4) is 0 Å². The number of aliphatic hydroxyl groups is 1. The molecular formula is C12H17ClN2O3S. The molecule has 1 heterocycles. The fourth-order valence-corrected chi connectivity index (χ4v) is 4.26. The van der Waals surface area contributed by atoms with E-state index in [0.717, 1.165) is 0 Å². The van der Waals surface area contributed by atoms with Crippen LogP contribution in [0.2, 0.25) is 5.02 Å². The summed E-state index contributed by atoms with van der Waals surface area (Å²) >= 11 is 5.96. The van der Waals surface area contributed by atoms with Gasteiger partial charge in [-0.3, -0.25) is 0 Å². The minimum Gasteiger partial charge on any atom is -0.399 e. The van der Waals surface area contributed by atoms with Crippen LogP contribution < -0.4 is 5.73 Å². The van der Waals surface area contributed by atoms with Crippen molar-refractivity contribution in [3.63, 3.8) is 0 Å². The average Bonchev–Trinajstić information content (AvgIpc) is 2.32. The van der Waals surface area contributed by atoms with Crippen molar-refractivity contribution < 1.29 is 13.5 Å². The molecule has 106 valence electrons. The molecule has 3 N–H and O–H groups in total. The van der Waals surface area contributed by atoms with Crippen LogP contribution in [0.25, 0.3) is 0 Å². The molecule has 0 aliphatic carbocycles. The maximum absolute atomic E-state index is 12.5. The lowest BCUT2D eigenvalue weighted by Gasteiger charge is -2.33. The highest BCUT2D eigenvalue weighted by Gasteiger charge is 2.33. The summed E-state index contributed by atoms with van der Waals surface area (Å²) in [5.41, 5.74) is 5.99. The lowest BCUT2D eigenvalue weighted by atomic mass is 9.99. The van der Waals surface area contributed by atoms with Gasteiger partial charge in [0.15, 0.2) is 0 Å². The maximum Gasteiger partial charge on any atom is 0.244 e. The smallest absolute Gasteiger partial charge is 0.244 e. The van der Waals surface area contributed by atoms with E-state index in [9.17, 15) is 13.5 Å². The van der Waals surface area contributed by atoms with Gasteiger partial charge in [-0.1, -0.05) is 18.5 Å². The van der Waals surface area contributed by atoms with Crippen molar-refractivity contribution in [2.75, 3.05) is 18.8 Å². The molecule has 0 spiro atoms. The average molecular weight is 305 g/mol. The summed E-state index contributed by atoms with van der Waals surface area (Å²) in [6.45, 7) is 2.43. The van der Waals surface area contributed by atoms with E-state index in [-0.39, 0.29) is 15.8 Å². The van der Waals surface area contributed by atoms with E-state index in [4.69, 9.17) is 17.3 Å². The molecule has 1 aliphatic heterocycles. The number of halogens is 1. The normalized spacial score (nSPS) is 25.4. The molecule has 0 bridgehead atoms. The Kier molecular flexibility index (Phi) is 4.06. The number of nitrogens with zero attached hydrogens (tertiary/aromatic N) is 1. The van der Waals surface area contributed by atoms with Gasteiger partial charge in [0.1, 0.15) is 4.90 Å². The molecule has 2 unspecified atom stereocenters. The van der Waals surface area contributed by atoms with Crippen molar-refractivity contribution in [2.24, 2.45) is 5.92 Å². The molecule has 1 aliphatic rings. The Labute approximate surface area is 118 Å². The molecule has 1 saturated heterocycles. The topological polar surface area (TPSA) is 83.6 Å². The molecule has 2 rings (SSSR count). The Hall–Kier alpha value is -0.820. The zero-order valence-corrected chi connectivity index (χ0v) is 12.2. The minimum absolute atomic E-state index is 0.0620. The van der Waals surface area contributed by atoms with Gasteiger partial charge in [0, 0.05) is 18.8 Å². The molecule has 0 aromatic heterocycles. The third kappa shape index (κ3) is 2.86. The molecule has 1 fully saturated rings. The molecule has 0 radical (unpaired) electrons. The van der Waals surface area contributed by atoms with Crippen molar-refractivity contribution in [1.82, 2.24) is 4.31 Å². The minimum atomic E-state index is -3.63. The third-order valence-corrected chi connectivity index (χ3v) is 5.74. The molecule has 7 heteroatoms. The van der Waals surface area contributed by atoms with Crippen molar-refractivity contribution >= 4 is 27.3 Å². The second kappa shape index (κ2) is 5.28. The van der Waals surface area contributed by atoms with Gasteiger partial charge < -0.3 is 10.8 Å². The highest BCUT2D eigenvalue weighted by atomic mass is 35.5. The lowest BCUT2D eigenvalue weighted by Crippen LogP contribution is -2.44. The first-order valence-corrected chi connectivity index (χ1v) is 7.87. The third-order valence-electron chi connectivity index (χ3n) is 3.40. The Morgan fingerprint density at radius 2 is 2.16 bits per heavy atom. The van der Waals surface area contributed by atoms with Gasteiger partial charge in [-0.15, -0.1) is 0 Å². The zero-order valence-electron chi connectivity index (χ0n) is 10.6. The Morgan fingerprint density at radius 3 is 2.74 bits per heavy atom. The van der Waals surface area contributed by atoms with Crippen LogP contribution in [0.15, 0.2) is 23.1 Å². The van der Waals surface area contributed by atoms with E-state index < -0.39 is 16.1 Å². The van der Waals surface area contributed by atoms with Gasteiger partial charge >= 0.3 is 0 Å². The zero-order chi connectivity index (χ0) is 14.2. The second-order valence-corrected chi connectivity index (χ2v) is 7.20. The summed E-state index contributed by atoms with van der Waals surface area (Å²) in [4.78, 5) is 0.0620. The molecule has 19 heavy (non-hydrogen) atoms. The number of nitrogens with two attached hydrogens (primary N) is 1. The van der Waals surface area contributed by atoms with Crippen LogP contribution in [-0.2, 0) is 10.0 Å². The van der Waals surface area contributed by atoms with E-state index in [1.54, 1.807) is 0 Å². The van der Waals surface area contributed by atoms with Gasteiger partial charge in [0.2, 0.25) is 10.0 Å². The second-order valence-electron chi connectivity index (χ2n) is 4.89. The number of aliphatic hydroxyl groups excluding tert-OH is 1. The van der Waals surface area contributed by atoms with Gasteiger partial charge in [-0.05, 0) is 30.5 Å². The molecule has 1 aromatic carbocycles. The largest absolute Gasteiger partial charge is 0.399 e. The molecule has 5 nitrogen and oxygen atoms in total. The number of benzene rings is 1. The van der Waals surface area contributed by atoms with Gasteiger partial charge in [0.25, 0.3) is 0 Å². The van der Waals surface area contributed by atoms with Gasteiger partial charge in [-0.25, -0.2) is 8.42 Å². The highest BCUT2D eigenvalue weighted by molar-refractivity contribution is 7.89. The predicted octanol–water partition coefficient (Wildman–Crippen LogP) is 1.31. The van der Waals surface area contributed by atoms with E-state index in [0.29, 0.717) is 25.2 Å². The van der Waals surface area contributed by atoms with Crippen LogP contribution in [0.1, 0.15) is 13.3 Å². The van der Waals surface area contributed by atoms with Crippen molar-refractivity contribution in [3.05, 3.63) is 23.2 Å². The number of anilines is 1. The van der Waals surface area contributed by atoms with Crippen molar-refractivity contribution in [2.45, 2.75) is 24.3 Å². The van der Waals surface area contributed by atoms with Crippen LogP contribution in [0.4, 0.5) is 5.69 Å². The molecule has 2 atom stereocenters. The van der Waals surface area contributed by atoms with Gasteiger partial charge in [-0.2, -0.15) is 4.31 Å². The van der Waals surface area contributed by atoms with E-state index >= 15 is 0 Å². The molecule has 0 amide bonds. The highest BCUT2D eigenvalue weighted by Crippen LogP contribution is 2.29. The van der Waals surface area contributed by atoms with Crippen molar-refractivity contribution in [1.29, 1.82) is 0 Å². The number of rotatable bonds is 2. The first-order chi connectivity index (χ1) is 8.82. The Morgan fingerprint density at radius 1 is 1.47 bits per heavy atom.